The van der Waals surface area contributed by atoms with Crippen LogP contribution in [0.3, 0.4) is 0 Å². The number of carbonyl (C=O) groups excluding carboxylic acids is 2. The van der Waals surface area contributed by atoms with Gasteiger partial charge in [-0.25, -0.2) is 0 Å². The van der Waals surface area contributed by atoms with E-state index in [0.717, 1.165) is 45.3 Å². The van der Waals surface area contributed by atoms with Crippen LogP contribution in [0.2, 0.25) is 0 Å². The fourth-order valence-electron chi connectivity index (χ4n) is 3.16. The lowest BCUT2D eigenvalue weighted by Crippen LogP contribution is -2.32. The number of Topliss-reactive ketones (excluding diaryl/α,β-unsaturated/α-hetero) is 2. The molecule has 0 spiro atoms. The number of hydrogen-bond donors (Lipinski definition) is 0. The predicted octanol–water partition coefficient (Wildman–Crippen LogP) is 2.93. The molecule has 0 saturated carbocycles. The van der Waals surface area contributed by atoms with Gasteiger partial charge in [-0.1, -0.05) is 6.42 Å². The summed E-state index contributed by atoms with van der Waals surface area (Å²) in [6.07, 6.45) is 5.05. The lowest BCUT2D eigenvalue weighted by Gasteiger charge is -2.22. The summed E-state index contributed by atoms with van der Waals surface area (Å²) in [5.41, 5.74) is 0. The molecule has 0 aliphatic carbocycles. The van der Waals surface area contributed by atoms with Crippen LogP contribution in [-0.4, -0.2) is 115 Å². The predicted molar refractivity (Wildman–Crippen MR) is 136 cm³/mol. The fraction of sp³-hybridized carbons (Fsp3) is 0.923. The highest BCUT2D eigenvalue weighted by Crippen LogP contribution is 2.03. The number of ketones is 2. The molecule has 0 fully saturated rings. The van der Waals surface area contributed by atoms with E-state index in [9.17, 15) is 9.59 Å². The summed E-state index contributed by atoms with van der Waals surface area (Å²) in [6.45, 7) is 14.9. The molecule has 0 aliphatic heterocycles. The van der Waals surface area contributed by atoms with Crippen LogP contribution in [0.25, 0.3) is 0 Å². The highest BCUT2D eigenvalue weighted by atomic mass is 16.6. The Bertz CT molecular complexity index is 478. The Hall–Kier alpha value is -0.940. The summed E-state index contributed by atoms with van der Waals surface area (Å²) >= 11 is 0. The molecule has 0 amide bonds. The molecule has 0 N–H and O–H groups in total. The zero-order chi connectivity index (χ0) is 25.8. The molecule has 208 valence electrons. The molecule has 0 aliphatic rings. The molecule has 9 heteroatoms. The van der Waals surface area contributed by atoms with Crippen molar-refractivity contribution in [1.29, 1.82) is 0 Å². The van der Waals surface area contributed by atoms with Crippen molar-refractivity contribution < 1.29 is 38.0 Å². The summed E-state index contributed by atoms with van der Waals surface area (Å²) in [6, 6.07) is 0. The first kappa shape index (κ1) is 34.1. The zero-order valence-corrected chi connectivity index (χ0v) is 22.6. The van der Waals surface area contributed by atoms with Crippen LogP contribution in [0.1, 0.15) is 59.3 Å². The maximum Gasteiger partial charge on any atom is 0.129 e. The minimum Gasteiger partial charge on any atom is -0.379 e. The third-order valence-electron chi connectivity index (χ3n) is 5.12. The molecule has 9 nitrogen and oxygen atoms in total. The van der Waals surface area contributed by atoms with E-state index in [1.807, 2.05) is 6.92 Å². The van der Waals surface area contributed by atoms with Gasteiger partial charge in [-0.3, -0.25) is 4.90 Å². The van der Waals surface area contributed by atoms with Crippen molar-refractivity contribution >= 4 is 11.6 Å². The van der Waals surface area contributed by atoms with Gasteiger partial charge in [0.2, 0.25) is 0 Å². The second-order valence-corrected chi connectivity index (χ2v) is 8.42. The first-order valence-corrected chi connectivity index (χ1v) is 13.2. The van der Waals surface area contributed by atoms with Crippen molar-refractivity contribution in [2.45, 2.75) is 59.3 Å². The van der Waals surface area contributed by atoms with Gasteiger partial charge in [0.1, 0.15) is 11.6 Å². The third-order valence-corrected chi connectivity index (χ3v) is 5.12. The topological polar surface area (TPSA) is 92.8 Å². The van der Waals surface area contributed by atoms with Crippen molar-refractivity contribution in [1.82, 2.24) is 4.90 Å². The van der Waals surface area contributed by atoms with Gasteiger partial charge in [0.25, 0.3) is 0 Å². The summed E-state index contributed by atoms with van der Waals surface area (Å²) in [5, 5.41) is 0. The molecule has 0 rings (SSSR count). The Morgan fingerprint density at radius 2 is 0.914 bits per heavy atom. The Morgan fingerprint density at radius 1 is 0.486 bits per heavy atom. The first-order valence-electron chi connectivity index (χ1n) is 13.2. The summed E-state index contributed by atoms with van der Waals surface area (Å²) in [4.78, 5) is 24.3. The van der Waals surface area contributed by atoms with Crippen molar-refractivity contribution in [3.8, 4) is 0 Å². The van der Waals surface area contributed by atoms with E-state index in [4.69, 9.17) is 28.4 Å². The van der Waals surface area contributed by atoms with Crippen molar-refractivity contribution in [2.75, 3.05) is 98.9 Å². The quantitative estimate of drug-likeness (QED) is 0.142. The number of hydrogen-bond acceptors (Lipinski definition) is 9. The minimum atomic E-state index is 0.196. The van der Waals surface area contributed by atoms with E-state index in [0.29, 0.717) is 92.1 Å². The van der Waals surface area contributed by atoms with Crippen LogP contribution in [0.15, 0.2) is 0 Å². The second kappa shape index (κ2) is 27.6. The van der Waals surface area contributed by atoms with Crippen LogP contribution >= 0.6 is 0 Å². The summed E-state index contributed by atoms with van der Waals surface area (Å²) in [5.74, 6) is 0.452. The molecule has 0 heterocycles. The van der Waals surface area contributed by atoms with Crippen LogP contribution in [0, 0.1) is 0 Å². The molecule has 0 aromatic heterocycles. The van der Waals surface area contributed by atoms with Crippen LogP contribution in [0.5, 0.6) is 0 Å². The standard InChI is InChI=1S/C26H51NO8/c1-4-30-17-18-34-23-24-35-22-21-33-16-13-27(11-7-5-6-9-25(2)28)12-15-32-20-19-31-14-8-10-26(3)29/h4-24H2,1-3H3. The van der Waals surface area contributed by atoms with Crippen LogP contribution < -0.4 is 0 Å². The van der Waals surface area contributed by atoms with Gasteiger partial charge in [-0.2, -0.15) is 0 Å². The molecule has 0 unspecified atom stereocenters. The van der Waals surface area contributed by atoms with E-state index in [1.165, 1.54) is 0 Å². The molecule has 0 radical (unpaired) electrons. The molecule has 0 aromatic rings. The number of rotatable bonds is 29. The van der Waals surface area contributed by atoms with Crippen molar-refractivity contribution in [2.24, 2.45) is 0 Å². The highest BCUT2D eigenvalue weighted by molar-refractivity contribution is 5.75. The monoisotopic (exact) mass is 505 g/mol. The average Bonchev–Trinajstić information content (AvgIpc) is 2.82. The zero-order valence-electron chi connectivity index (χ0n) is 22.6. The van der Waals surface area contributed by atoms with E-state index in [-0.39, 0.29) is 11.6 Å². The smallest absolute Gasteiger partial charge is 0.129 e. The van der Waals surface area contributed by atoms with Gasteiger partial charge >= 0.3 is 0 Å². The normalized spacial score (nSPS) is 11.4. The largest absolute Gasteiger partial charge is 0.379 e. The Labute approximate surface area is 213 Å². The van der Waals surface area contributed by atoms with E-state index >= 15 is 0 Å². The minimum absolute atomic E-state index is 0.196. The third kappa shape index (κ3) is 29.2. The SMILES string of the molecule is CCOCCOCCOCCOCCN(CCCCCC(C)=O)CCOCCOCCCC(C)=O. The lowest BCUT2D eigenvalue weighted by atomic mass is 10.1. The number of unbranched alkanes of at least 4 members (excludes halogenated alkanes) is 2. The van der Waals surface area contributed by atoms with E-state index in [1.54, 1.807) is 13.8 Å². The maximum atomic E-state index is 11.1. The number of ether oxygens (including phenoxy) is 6. The molecule has 0 bridgehead atoms. The molecule has 0 saturated heterocycles. The molecule has 0 atom stereocenters. The molecular formula is C26H51NO8. The van der Waals surface area contributed by atoms with Gasteiger partial charge in [-0.15, -0.1) is 0 Å². The molecule has 35 heavy (non-hydrogen) atoms. The fourth-order valence-corrected chi connectivity index (χ4v) is 3.16. The van der Waals surface area contributed by atoms with Gasteiger partial charge < -0.3 is 38.0 Å². The lowest BCUT2D eigenvalue weighted by molar-refractivity contribution is -0.118. The highest BCUT2D eigenvalue weighted by Gasteiger charge is 2.06. The average molecular weight is 506 g/mol. The van der Waals surface area contributed by atoms with Gasteiger partial charge in [-0.05, 0) is 46.6 Å². The maximum absolute atomic E-state index is 11.1. The Balaban J connectivity index is 3.82. The Morgan fingerprint density at radius 3 is 1.40 bits per heavy atom. The molecule has 0 aromatic carbocycles. The van der Waals surface area contributed by atoms with Gasteiger partial charge in [0, 0.05) is 39.1 Å². The summed E-state index contributed by atoms with van der Waals surface area (Å²) < 4.78 is 33.0. The van der Waals surface area contributed by atoms with E-state index in [2.05, 4.69) is 4.90 Å². The van der Waals surface area contributed by atoms with Gasteiger partial charge in [0.05, 0.1) is 66.1 Å². The van der Waals surface area contributed by atoms with Crippen molar-refractivity contribution in [3.05, 3.63) is 0 Å². The van der Waals surface area contributed by atoms with Crippen LogP contribution in [0.4, 0.5) is 0 Å². The van der Waals surface area contributed by atoms with E-state index < -0.39 is 0 Å². The van der Waals surface area contributed by atoms with Crippen LogP contribution in [-0.2, 0) is 38.0 Å². The number of carbonyl (C=O) groups is 2. The van der Waals surface area contributed by atoms with Gasteiger partial charge in [0.15, 0.2) is 0 Å². The number of nitrogens with zero attached hydrogens (tertiary/aromatic N) is 1. The Kier molecular flexibility index (Phi) is 26.9. The second-order valence-electron chi connectivity index (χ2n) is 8.42. The molecular weight excluding hydrogens is 454 g/mol. The first-order chi connectivity index (χ1) is 17.1. The van der Waals surface area contributed by atoms with Crippen molar-refractivity contribution in [3.63, 3.8) is 0 Å². The summed E-state index contributed by atoms with van der Waals surface area (Å²) in [7, 11) is 0.